The molecule has 2 atom stereocenters. The molecule has 0 aromatic carbocycles. The molecule has 0 aliphatic rings. The number of primary amides is 2. The third-order valence-electron chi connectivity index (χ3n) is 1.88. The molecule has 0 fully saturated rings. The van der Waals surface area contributed by atoms with Gasteiger partial charge < -0.3 is 35.9 Å². The SMILES string of the molecule is [CH2-]C(NC)C(N)=O.[CH2-]CCC(NC)C(N)=O.[U+2]. The van der Waals surface area contributed by atoms with Gasteiger partial charge in [0.25, 0.3) is 0 Å². The van der Waals surface area contributed by atoms with E-state index in [9.17, 15) is 9.59 Å². The summed E-state index contributed by atoms with van der Waals surface area (Å²) in [4.78, 5) is 20.5. The van der Waals surface area contributed by atoms with Crippen LogP contribution in [-0.4, -0.2) is 38.0 Å². The molecule has 17 heavy (non-hydrogen) atoms. The van der Waals surface area contributed by atoms with Crippen LogP contribution >= 0.6 is 0 Å². The van der Waals surface area contributed by atoms with Gasteiger partial charge in [-0.15, -0.1) is 0 Å². The first-order valence-electron chi connectivity index (χ1n) is 4.96. The maximum atomic E-state index is 10.5. The first kappa shape index (κ1) is 22.1. The number of likely N-dealkylation sites (N-methyl/N-ethyl adjacent to an activating group) is 2. The van der Waals surface area contributed by atoms with Crippen LogP contribution in [0.15, 0.2) is 0 Å². The van der Waals surface area contributed by atoms with E-state index in [1.54, 1.807) is 14.1 Å². The topological polar surface area (TPSA) is 110 Å². The number of carbonyl (C=O) groups excluding carboxylic acids is 2. The minimum atomic E-state index is -0.458. The van der Waals surface area contributed by atoms with Gasteiger partial charge in [0.15, 0.2) is 0 Å². The van der Waals surface area contributed by atoms with Crippen molar-refractivity contribution in [3.05, 3.63) is 13.8 Å². The van der Waals surface area contributed by atoms with Crippen molar-refractivity contribution in [3.8, 4) is 0 Å². The third-order valence-corrected chi connectivity index (χ3v) is 1.88. The van der Waals surface area contributed by atoms with Crippen molar-refractivity contribution in [2.45, 2.75) is 24.9 Å². The van der Waals surface area contributed by atoms with Gasteiger partial charge >= 0.3 is 31.1 Å². The predicted molar refractivity (Wildman–Crippen MR) is 64.0 cm³/mol. The Morgan fingerprint density at radius 2 is 1.65 bits per heavy atom. The standard InChI is InChI=1S/C6H13N2O.C4H9N2O.U/c1-3-4-5(8-2)6(7)9;1-3(6-2)4(5)7;/h5,8H,1,3-4H2,2H3,(H2,7,9);3,6H,1H2,2H3,(H2,5,7);/q2*-1;+2. The van der Waals surface area contributed by atoms with Crippen molar-refractivity contribution < 1.29 is 40.7 Å². The van der Waals surface area contributed by atoms with Crippen LogP contribution in [0.1, 0.15) is 12.8 Å². The van der Waals surface area contributed by atoms with E-state index in [1.807, 2.05) is 0 Å². The average molecular weight is 468 g/mol. The molecule has 0 aliphatic heterocycles. The molecule has 0 saturated carbocycles. The maximum Gasteiger partial charge on any atom is 2.00 e. The normalized spacial score (nSPS) is 12.5. The van der Waals surface area contributed by atoms with Crippen molar-refractivity contribution in [3.63, 3.8) is 0 Å². The minimum absolute atomic E-state index is 0. The van der Waals surface area contributed by atoms with Crippen molar-refractivity contribution in [2.24, 2.45) is 11.5 Å². The van der Waals surface area contributed by atoms with Crippen molar-refractivity contribution in [2.75, 3.05) is 14.1 Å². The van der Waals surface area contributed by atoms with Crippen LogP contribution in [-0.2, 0) is 9.59 Å². The molecule has 0 heterocycles. The molecule has 2 unspecified atom stereocenters. The molecular formula is C10H22N4O2U. The Balaban J connectivity index is -0.000000224. The summed E-state index contributed by atoms with van der Waals surface area (Å²) in [5.74, 6) is -0.733. The molecule has 0 aromatic heterocycles. The monoisotopic (exact) mass is 468 g/mol. The molecule has 0 spiro atoms. The van der Waals surface area contributed by atoms with E-state index in [0.717, 1.165) is 6.42 Å². The Bertz CT molecular complexity index is 214. The van der Waals surface area contributed by atoms with E-state index in [0.29, 0.717) is 6.42 Å². The van der Waals surface area contributed by atoms with Crippen LogP contribution in [0.25, 0.3) is 0 Å². The van der Waals surface area contributed by atoms with E-state index < -0.39 is 11.9 Å². The summed E-state index contributed by atoms with van der Waals surface area (Å²) in [7, 11) is 3.34. The Morgan fingerprint density at radius 3 is 1.71 bits per heavy atom. The Labute approximate surface area is 127 Å². The number of nitrogens with two attached hydrogens (primary N) is 2. The van der Waals surface area contributed by atoms with E-state index in [4.69, 9.17) is 11.5 Å². The molecule has 98 valence electrons. The van der Waals surface area contributed by atoms with Crippen molar-refractivity contribution in [1.29, 1.82) is 0 Å². The smallest absolute Gasteiger partial charge is 0.371 e. The summed E-state index contributed by atoms with van der Waals surface area (Å²) >= 11 is 0. The Hall–Kier alpha value is -0.0881. The molecule has 0 rings (SSSR count). The fraction of sp³-hybridized carbons (Fsp3) is 0.600. The first-order valence-corrected chi connectivity index (χ1v) is 4.96. The van der Waals surface area contributed by atoms with Crippen LogP contribution in [0.3, 0.4) is 0 Å². The first-order chi connectivity index (χ1) is 7.40. The van der Waals surface area contributed by atoms with E-state index in [-0.39, 0.29) is 43.1 Å². The molecule has 6 N–H and O–H groups in total. The van der Waals surface area contributed by atoms with Crippen LogP contribution in [0.2, 0.25) is 0 Å². The molecular weight excluding hydrogens is 446 g/mol. The molecule has 0 aliphatic carbocycles. The number of nitrogens with one attached hydrogen (secondary N) is 2. The fourth-order valence-electron chi connectivity index (χ4n) is 0.775. The van der Waals surface area contributed by atoms with Crippen LogP contribution in [0, 0.1) is 45.0 Å². The van der Waals surface area contributed by atoms with Crippen molar-refractivity contribution in [1.82, 2.24) is 10.6 Å². The van der Waals surface area contributed by atoms with E-state index in [1.165, 1.54) is 0 Å². The van der Waals surface area contributed by atoms with Crippen LogP contribution in [0.5, 0.6) is 0 Å². The summed E-state index contributed by atoms with van der Waals surface area (Å²) < 4.78 is 0. The van der Waals surface area contributed by atoms with Gasteiger partial charge in [-0.25, -0.2) is 0 Å². The number of hydrogen-bond donors (Lipinski definition) is 4. The average Bonchev–Trinajstić information content (AvgIpc) is 2.24. The summed E-state index contributed by atoms with van der Waals surface area (Å²) in [5.41, 5.74) is 9.79. The third kappa shape index (κ3) is 13.8. The van der Waals surface area contributed by atoms with E-state index >= 15 is 0 Å². The fourth-order valence-corrected chi connectivity index (χ4v) is 0.775. The Morgan fingerprint density at radius 1 is 1.18 bits per heavy atom. The number of rotatable bonds is 6. The van der Waals surface area contributed by atoms with Gasteiger partial charge in [-0.1, -0.05) is 6.42 Å². The molecule has 6 nitrogen and oxygen atoms in total. The summed E-state index contributed by atoms with van der Waals surface area (Å²) in [6.45, 7) is 6.98. The summed E-state index contributed by atoms with van der Waals surface area (Å²) in [6.07, 6.45) is 1.44. The van der Waals surface area contributed by atoms with Crippen molar-refractivity contribution >= 4 is 11.8 Å². The van der Waals surface area contributed by atoms with Gasteiger partial charge in [0.2, 0.25) is 11.8 Å². The number of hydrogen-bond acceptors (Lipinski definition) is 4. The largest absolute Gasteiger partial charge is 2.00 e. The van der Waals surface area contributed by atoms with E-state index in [2.05, 4.69) is 24.5 Å². The molecule has 2 amide bonds. The van der Waals surface area contributed by atoms with Gasteiger partial charge in [-0.3, -0.25) is 9.59 Å². The maximum absolute atomic E-state index is 10.5. The van der Waals surface area contributed by atoms with Gasteiger partial charge in [0, 0.05) is 0 Å². The van der Waals surface area contributed by atoms with Gasteiger partial charge in [0.1, 0.15) is 0 Å². The molecule has 0 radical (unpaired) electrons. The quantitative estimate of drug-likeness (QED) is 0.359. The zero-order chi connectivity index (χ0) is 13.1. The van der Waals surface area contributed by atoms with Crippen LogP contribution in [0.4, 0.5) is 0 Å². The molecule has 0 bridgehead atoms. The van der Waals surface area contributed by atoms with Gasteiger partial charge in [-0.2, -0.15) is 6.42 Å². The molecule has 0 aromatic rings. The zero-order valence-electron chi connectivity index (χ0n) is 10.5. The molecule has 7 heteroatoms. The van der Waals surface area contributed by atoms with Crippen LogP contribution < -0.4 is 22.1 Å². The summed E-state index contributed by atoms with van der Waals surface area (Å²) in [6, 6.07) is -0.664. The predicted octanol–water partition coefficient (Wildman–Crippen LogP) is -1.43. The number of carbonyl (C=O) groups is 2. The van der Waals surface area contributed by atoms with Gasteiger partial charge in [-0.05, 0) is 20.1 Å². The zero-order valence-corrected chi connectivity index (χ0v) is 14.6. The Kier molecular flexibility index (Phi) is 18.2. The van der Waals surface area contributed by atoms with Gasteiger partial charge in [0.05, 0.1) is 6.04 Å². The minimum Gasteiger partial charge on any atom is -0.371 e. The second kappa shape index (κ2) is 14.0. The molecule has 0 saturated heterocycles. The number of amides is 2. The second-order valence-electron chi connectivity index (χ2n) is 3.13. The second-order valence-corrected chi connectivity index (χ2v) is 3.13. The summed E-state index contributed by atoms with van der Waals surface area (Å²) in [5, 5.41) is 5.37.